The Balaban J connectivity index is 1.88. The number of hydrogen-bond donors (Lipinski definition) is 1. The number of rotatable bonds is 5. The van der Waals surface area contributed by atoms with Crippen molar-refractivity contribution < 1.29 is 9.59 Å². The third-order valence-electron chi connectivity index (χ3n) is 3.97. The number of likely N-dealkylation sites (tertiary alicyclic amines) is 1. The first-order valence-corrected chi connectivity index (χ1v) is 8.09. The fraction of sp³-hybridized carbons (Fsp3) is 0.529. The molecule has 1 aliphatic heterocycles. The first-order chi connectivity index (χ1) is 10.4. The second kappa shape index (κ2) is 7.14. The maximum Gasteiger partial charge on any atom is 0.225 e. The van der Waals surface area contributed by atoms with Crippen LogP contribution in [0.15, 0.2) is 24.3 Å². The molecule has 1 aromatic carbocycles. The molecule has 0 radical (unpaired) electrons. The Bertz CT molecular complexity index is 559. The lowest BCUT2D eigenvalue weighted by molar-refractivity contribution is -0.130. The predicted molar refractivity (Wildman–Crippen MR) is 87.7 cm³/mol. The van der Waals surface area contributed by atoms with Gasteiger partial charge in [-0.2, -0.15) is 0 Å². The average Bonchev–Trinajstić information content (AvgIpc) is 2.81. The molecule has 0 saturated carbocycles. The monoisotopic (exact) mass is 322 g/mol. The van der Waals surface area contributed by atoms with Crippen LogP contribution in [0.25, 0.3) is 0 Å². The van der Waals surface area contributed by atoms with Crippen LogP contribution in [0.4, 0.5) is 0 Å². The fourth-order valence-corrected chi connectivity index (χ4v) is 3.05. The quantitative estimate of drug-likeness (QED) is 0.906. The highest BCUT2D eigenvalue weighted by Crippen LogP contribution is 2.20. The van der Waals surface area contributed by atoms with Gasteiger partial charge in [0.1, 0.15) is 0 Å². The normalized spacial score (nSPS) is 19.6. The van der Waals surface area contributed by atoms with Gasteiger partial charge in [0, 0.05) is 30.1 Å². The number of amides is 2. The van der Waals surface area contributed by atoms with Gasteiger partial charge in [0.2, 0.25) is 11.8 Å². The zero-order valence-corrected chi connectivity index (χ0v) is 14.1. The zero-order chi connectivity index (χ0) is 16.3. The SMILES string of the molecule is CC(C)N1C[C@@H](C(=O)N[C@H](C)Cc2cccc(Cl)c2)CC1=O. The second-order valence-electron chi connectivity index (χ2n) is 6.28. The van der Waals surface area contributed by atoms with Crippen molar-refractivity contribution in [1.82, 2.24) is 10.2 Å². The van der Waals surface area contributed by atoms with E-state index in [9.17, 15) is 9.59 Å². The van der Waals surface area contributed by atoms with Crippen molar-refractivity contribution in [2.24, 2.45) is 5.92 Å². The van der Waals surface area contributed by atoms with E-state index in [2.05, 4.69) is 5.32 Å². The van der Waals surface area contributed by atoms with Gasteiger partial charge in [-0.05, 0) is 44.9 Å². The van der Waals surface area contributed by atoms with E-state index in [1.54, 1.807) is 4.90 Å². The summed E-state index contributed by atoms with van der Waals surface area (Å²) in [6, 6.07) is 7.79. The van der Waals surface area contributed by atoms with Crippen molar-refractivity contribution >= 4 is 23.4 Å². The van der Waals surface area contributed by atoms with Crippen molar-refractivity contribution in [1.29, 1.82) is 0 Å². The fourth-order valence-electron chi connectivity index (χ4n) is 2.84. The second-order valence-corrected chi connectivity index (χ2v) is 6.72. The molecule has 0 spiro atoms. The minimum Gasteiger partial charge on any atom is -0.353 e. The molecule has 1 heterocycles. The molecule has 1 N–H and O–H groups in total. The minimum absolute atomic E-state index is 0.00849. The summed E-state index contributed by atoms with van der Waals surface area (Å²) in [6.07, 6.45) is 1.04. The highest BCUT2D eigenvalue weighted by atomic mass is 35.5. The van der Waals surface area contributed by atoms with Crippen LogP contribution in [0, 0.1) is 5.92 Å². The molecule has 120 valence electrons. The molecule has 22 heavy (non-hydrogen) atoms. The molecule has 2 rings (SSSR count). The van der Waals surface area contributed by atoms with Gasteiger partial charge in [-0.15, -0.1) is 0 Å². The average molecular weight is 323 g/mol. The van der Waals surface area contributed by atoms with Crippen LogP contribution < -0.4 is 5.32 Å². The van der Waals surface area contributed by atoms with Crippen LogP contribution >= 0.6 is 11.6 Å². The standard InChI is InChI=1S/C17H23ClN2O2/c1-11(2)20-10-14(9-16(20)21)17(22)19-12(3)7-13-5-4-6-15(18)8-13/h4-6,8,11-12,14H,7,9-10H2,1-3H3,(H,19,22)/t12-,14+/m1/s1. The van der Waals surface area contributed by atoms with E-state index in [1.807, 2.05) is 45.0 Å². The molecular formula is C17H23ClN2O2. The molecule has 5 heteroatoms. The Morgan fingerprint density at radius 3 is 2.73 bits per heavy atom. The van der Waals surface area contributed by atoms with Gasteiger partial charge < -0.3 is 10.2 Å². The molecule has 0 bridgehead atoms. The number of halogens is 1. The third kappa shape index (κ3) is 4.23. The summed E-state index contributed by atoms with van der Waals surface area (Å²) >= 11 is 5.97. The topological polar surface area (TPSA) is 49.4 Å². The molecule has 1 aromatic rings. The first-order valence-electron chi connectivity index (χ1n) is 7.71. The smallest absolute Gasteiger partial charge is 0.225 e. The van der Waals surface area contributed by atoms with Crippen LogP contribution in [0.2, 0.25) is 5.02 Å². The largest absolute Gasteiger partial charge is 0.353 e. The zero-order valence-electron chi connectivity index (χ0n) is 13.3. The molecule has 0 aliphatic carbocycles. The van der Waals surface area contributed by atoms with Gasteiger partial charge in [0.05, 0.1) is 5.92 Å². The molecular weight excluding hydrogens is 300 g/mol. The van der Waals surface area contributed by atoms with E-state index in [0.717, 1.165) is 12.0 Å². The molecule has 1 fully saturated rings. The highest BCUT2D eigenvalue weighted by Gasteiger charge is 2.35. The lowest BCUT2D eigenvalue weighted by Crippen LogP contribution is -2.40. The summed E-state index contributed by atoms with van der Waals surface area (Å²) < 4.78 is 0. The van der Waals surface area contributed by atoms with E-state index in [-0.39, 0.29) is 29.8 Å². The number of carbonyl (C=O) groups is 2. The van der Waals surface area contributed by atoms with Crippen LogP contribution in [-0.2, 0) is 16.0 Å². The Labute approximate surface area is 136 Å². The predicted octanol–water partition coefficient (Wildman–Crippen LogP) is 2.64. The lowest BCUT2D eigenvalue weighted by atomic mass is 10.0. The van der Waals surface area contributed by atoms with Gasteiger partial charge >= 0.3 is 0 Å². The van der Waals surface area contributed by atoms with Crippen LogP contribution in [0.1, 0.15) is 32.8 Å². The number of nitrogens with one attached hydrogen (secondary N) is 1. The molecule has 2 amide bonds. The summed E-state index contributed by atoms with van der Waals surface area (Å²) in [7, 11) is 0. The van der Waals surface area contributed by atoms with Crippen molar-refractivity contribution in [2.45, 2.75) is 45.7 Å². The van der Waals surface area contributed by atoms with E-state index in [0.29, 0.717) is 18.0 Å². The van der Waals surface area contributed by atoms with E-state index in [4.69, 9.17) is 11.6 Å². The van der Waals surface area contributed by atoms with Crippen molar-refractivity contribution in [2.75, 3.05) is 6.54 Å². The molecule has 0 aromatic heterocycles. The summed E-state index contributed by atoms with van der Waals surface area (Å²) in [5, 5.41) is 3.71. The lowest BCUT2D eigenvalue weighted by Gasteiger charge is -2.21. The van der Waals surface area contributed by atoms with Crippen molar-refractivity contribution in [3.05, 3.63) is 34.9 Å². The minimum atomic E-state index is -0.239. The summed E-state index contributed by atoms with van der Waals surface area (Å²) in [5.41, 5.74) is 1.09. The van der Waals surface area contributed by atoms with Gasteiger partial charge in [0.25, 0.3) is 0 Å². The van der Waals surface area contributed by atoms with E-state index in [1.165, 1.54) is 0 Å². The summed E-state index contributed by atoms with van der Waals surface area (Å²) in [4.78, 5) is 26.0. The summed E-state index contributed by atoms with van der Waals surface area (Å²) in [5.74, 6) is -0.208. The number of carbonyl (C=O) groups excluding carboxylic acids is 2. The van der Waals surface area contributed by atoms with Gasteiger partial charge in [-0.1, -0.05) is 23.7 Å². The third-order valence-corrected chi connectivity index (χ3v) is 4.21. The number of benzene rings is 1. The van der Waals surface area contributed by atoms with E-state index < -0.39 is 0 Å². The Hall–Kier alpha value is -1.55. The molecule has 1 aliphatic rings. The van der Waals surface area contributed by atoms with Crippen molar-refractivity contribution in [3.8, 4) is 0 Å². The Morgan fingerprint density at radius 2 is 2.14 bits per heavy atom. The molecule has 4 nitrogen and oxygen atoms in total. The van der Waals surface area contributed by atoms with Crippen LogP contribution in [-0.4, -0.2) is 35.3 Å². The van der Waals surface area contributed by atoms with Gasteiger partial charge in [0.15, 0.2) is 0 Å². The first kappa shape index (κ1) is 16.8. The molecule has 1 saturated heterocycles. The molecule has 0 unspecified atom stereocenters. The Kier molecular flexibility index (Phi) is 5.46. The number of nitrogens with zero attached hydrogens (tertiary/aromatic N) is 1. The maximum absolute atomic E-state index is 12.3. The van der Waals surface area contributed by atoms with Gasteiger partial charge in [-0.25, -0.2) is 0 Å². The van der Waals surface area contributed by atoms with Gasteiger partial charge in [-0.3, -0.25) is 9.59 Å². The Morgan fingerprint density at radius 1 is 1.41 bits per heavy atom. The van der Waals surface area contributed by atoms with Crippen LogP contribution in [0.3, 0.4) is 0 Å². The van der Waals surface area contributed by atoms with Crippen molar-refractivity contribution in [3.63, 3.8) is 0 Å². The summed E-state index contributed by atoms with van der Waals surface area (Å²) in [6.45, 7) is 6.43. The van der Waals surface area contributed by atoms with Crippen LogP contribution in [0.5, 0.6) is 0 Å². The highest BCUT2D eigenvalue weighted by molar-refractivity contribution is 6.30. The maximum atomic E-state index is 12.3. The number of hydrogen-bond acceptors (Lipinski definition) is 2. The molecule has 2 atom stereocenters. The van der Waals surface area contributed by atoms with E-state index >= 15 is 0 Å².